The lowest BCUT2D eigenvalue weighted by Gasteiger charge is -2.06. The summed E-state index contributed by atoms with van der Waals surface area (Å²) in [7, 11) is 0. The van der Waals surface area contributed by atoms with Gasteiger partial charge < -0.3 is 14.8 Å². The van der Waals surface area contributed by atoms with Crippen molar-refractivity contribution in [1.82, 2.24) is 14.7 Å². The van der Waals surface area contributed by atoms with E-state index in [9.17, 15) is 9.59 Å². The highest BCUT2D eigenvalue weighted by Crippen LogP contribution is 2.13. The smallest absolute Gasteiger partial charge is 0.335 e. The van der Waals surface area contributed by atoms with E-state index in [0.29, 0.717) is 12.1 Å². The highest BCUT2D eigenvalue weighted by atomic mass is 16.4. The molecule has 144 valence electrons. The van der Waals surface area contributed by atoms with Gasteiger partial charge in [-0.2, -0.15) is 0 Å². The number of aromatic carboxylic acids is 1. The maximum Gasteiger partial charge on any atom is 0.335 e. The Labute approximate surface area is 167 Å². The zero-order valence-corrected chi connectivity index (χ0v) is 15.6. The lowest BCUT2D eigenvalue weighted by atomic mass is 10.1. The van der Waals surface area contributed by atoms with Gasteiger partial charge in [0.1, 0.15) is 5.65 Å². The largest absolute Gasteiger partial charge is 0.478 e. The summed E-state index contributed by atoms with van der Waals surface area (Å²) in [6.45, 7) is 0.317. The minimum atomic E-state index is -0.972. The third-order valence-corrected chi connectivity index (χ3v) is 4.65. The van der Waals surface area contributed by atoms with E-state index in [1.54, 1.807) is 24.3 Å². The minimum Gasteiger partial charge on any atom is -0.478 e. The average Bonchev–Trinajstić information content (AvgIpc) is 3.14. The fourth-order valence-electron chi connectivity index (χ4n) is 3.12. The molecule has 0 aliphatic heterocycles. The van der Waals surface area contributed by atoms with E-state index in [2.05, 4.69) is 22.4 Å². The van der Waals surface area contributed by atoms with Gasteiger partial charge in [-0.25, -0.2) is 9.78 Å². The second-order valence-corrected chi connectivity index (χ2v) is 6.76. The number of amides is 1. The van der Waals surface area contributed by atoms with Crippen molar-refractivity contribution in [3.8, 4) is 0 Å². The molecule has 0 aliphatic rings. The molecule has 0 saturated heterocycles. The number of carboxylic acids is 1. The van der Waals surface area contributed by atoms with E-state index < -0.39 is 5.97 Å². The van der Waals surface area contributed by atoms with Crippen molar-refractivity contribution in [2.24, 2.45) is 0 Å². The quantitative estimate of drug-likeness (QED) is 0.532. The van der Waals surface area contributed by atoms with Gasteiger partial charge in [0.15, 0.2) is 0 Å². The van der Waals surface area contributed by atoms with Gasteiger partial charge in [0.2, 0.25) is 0 Å². The predicted molar refractivity (Wildman–Crippen MR) is 109 cm³/mol. The van der Waals surface area contributed by atoms with E-state index in [1.165, 1.54) is 17.7 Å². The van der Waals surface area contributed by atoms with Gasteiger partial charge in [-0.15, -0.1) is 0 Å². The lowest BCUT2D eigenvalue weighted by Crippen LogP contribution is -2.22. The van der Waals surface area contributed by atoms with Crippen LogP contribution in [0.25, 0.3) is 5.65 Å². The van der Waals surface area contributed by atoms with Gasteiger partial charge >= 0.3 is 5.97 Å². The fraction of sp³-hybridized carbons (Fsp3) is 0.0870. The Kier molecular flexibility index (Phi) is 5.07. The topological polar surface area (TPSA) is 83.7 Å². The summed E-state index contributed by atoms with van der Waals surface area (Å²) in [5.74, 6) is -1.18. The molecular formula is C23H19N3O3. The first-order chi connectivity index (χ1) is 14.1. The average molecular weight is 385 g/mol. The van der Waals surface area contributed by atoms with Crippen molar-refractivity contribution in [1.29, 1.82) is 0 Å². The first-order valence-corrected chi connectivity index (χ1v) is 9.20. The number of aromatic nitrogens is 2. The first kappa shape index (κ1) is 18.4. The number of carboxylic acid groups (broad SMARTS) is 1. The van der Waals surface area contributed by atoms with Crippen molar-refractivity contribution in [2.45, 2.75) is 13.0 Å². The van der Waals surface area contributed by atoms with Crippen molar-refractivity contribution in [3.63, 3.8) is 0 Å². The molecule has 2 aromatic carbocycles. The summed E-state index contributed by atoms with van der Waals surface area (Å²) in [6.07, 6.45) is 4.53. The summed E-state index contributed by atoms with van der Waals surface area (Å²) in [6, 6.07) is 20.1. The maximum absolute atomic E-state index is 12.5. The Bertz CT molecular complexity index is 1170. The summed E-state index contributed by atoms with van der Waals surface area (Å²) in [5, 5.41) is 11.8. The Balaban J connectivity index is 1.44. The molecule has 4 aromatic rings. The first-order valence-electron chi connectivity index (χ1n) is 9.20. The van der Waals surface area contributed by atoms with Crippen molar-refractivity contribution >= 4 is 17.5 Å². The second kappa shape index (κ2) is 7.98. The molecule has 29 heavy (non-hydrogen) atoms. The van der Waals surface area contributed by atoms with Crippen LogP contribution in [-0.2, 0) is 13.0 Å². The van der Waals surface area contributed by atoms with E-state index in [1.807, 2.05) is 35.0 Å². The summed E-state index contributed by atoms with van der Waals surface area (Å²) in [4.78, 5) is 28.0. The molecule has 6 heteroatoms. The second-order valence-electron chi connectivity index (χ2n) is 6.76. The molecule has 0 unspecified atom stereocenters. The van der Waals surface area contributed by atoms with Crippen molar-refractivity contribution in [3.05, 3.63) is 107 Å². The zero-order chi connectivity index (χ0) is 20.2. The molecule has 0 fully saturated rings. The van der Waals surface area contributed by atoms with Gasteiger partial charge in [-0.1, -0.05) is 42.5 Å². The highest BCUT2D eigenvalue weighted by Gasteiger charge is 2.09. The number of hydrogen-bond donors (Lipinski definition) is 2. The van der Waals surface area contributed by atoms with Gasteiger partial charge in [0.25, 0.3) is 5.91 Å². The number of fused-ring (bicyclic) bond motifs is 1. The van der Waals surface area contributed by atoms with Crippen LogP contribution in [0.3, 0.4) is 0 Å². The van der Waals surface area contributed by atoms with Crippen LogP contribution < -0.4 is 5.32 Å². The number of pyridine rings is 1. The molecule has 0 aliphatic carbocycles. The van der Waals surface area contributed by atoms with Crippen molar-refractivity contribution in [2.75, 3.05) is 0 Å². The molecule has 0 saturated carbocycles. The Morgan fingerprint density at radius 1 is 0.931 bits per heavy atom. The predicted octanol–water partition coefficient (Wildman–Crippen LogP) is 3.55. The Morgan fingerprint density at radius 3 is 2.41 bits per heavy atom. The normalized spacial score (nSPS) is 10.8. The molecule has 1 amide bonds. The number of benzene rings is 2. The Morgan fingerprint density at radius 2 is 1.69 bits per heavy atom. The van der Waals surface area contributed by atoms with E-state index in [-0.39, 0.29) is 11.5 Å². The highest BCUT2D eigenvalue weighted by molar-refractivity contribution is 5.95. The number of imidazole rings is 1. The van der Waals surface area contributed by atoms with E-state index >= 15 is 0 Å². The molecule has 2 N–H and O–H groups in total. The van der Waals surface area contributed by atoms with Gasteiger partial charge in [0.05, 0.1) is 11.3 Å². The van der Waals surface area contributed by atoms with Crippen LogP contribution in [0.1, 0.15) is 37.5 Å². The number of carbonyl (C=O) groups excluding carboxylic acids is 1. The summed E-state index contributed by atoms with van der Waals surface area (Å²) < 4.78 is 1.90. The van der Waals surface area contributed by atoms with Crippen LogP contribution in [0.4, 0.5) is 0 Å². The van der Waals surface area contributed by atoms with Crippen molar-refractivity contribution < 1.29 is 14.7 Å². The number of carbonyl (C=O) groups is 2. The molecule has 0 atom stereocenters. The minimum absolute atomic E-state index is 0.206. The number of hydrogen-bond acceptors (Lipinski definition) is 3. The third kappa shape index (κ3) is 4.32. The van der Waals surface area contributed by atoms with Crippen LogP contribution in [0, 0.1) is 0 Å². The molecule has 0 bridgehead atoms. The van der Waals surface area contributed by atoms with Crippen LogP contribution in [0.2, 0.25) is 0 Å². The molecule has 0 radical (unpaired) electrons. The summed E-state index contributed by atoms with van der Waals surface area (Å²) >= 11 is 0. The fourth-order valence-corrected chi connectivity index (χ4v) is 3.12. The maximum atomic E-state index is 12.5. The molecule has 4 rings (SSSR count). The molecular weight excluding hydrogens is 366 g/mol. The molecule has 2 heterocycles. The van der Waals surface area contributed by atoms with Crippen LogP contribution in [0.15, 0.2) is 79.1 Å². The number of rotatable bonds is 6. The van der Waals surface area contributed by atoms with Gasteiger partial charge in [0, 0.05) is 30.9 Å². The van der Waals surface area contributed by atoms with Crippen LogP contribution >= 0.6 is 0 Å². The van der Waals surface area contributed by atoms with Gasteiger partial charge in [-0.3, -0.25) is 4.79 Å². The van der Waals surface area contributed by atoms with Crippen LogP contribution in [0.5, 0.6) is 0 Å². The van der Waals surface area contributed by atoms with Crippen LogP contribution in [-0.4, -0.2) is 26.4 Å². The summed E-state index contributed by atoms with van der Waals surface area (Å²) in [5.41, 5.74) is 4.41. The monoisotopic (exact) mass is 385 g/mol. The third-order valence-electron chi connectivity index (χ3n) is 4.65. The molecule has 6 nitrogen and oxygen atoms in total. The molecule has 2 aromatic heterocycles. The van der Waals surface area contributed by atoms with E-state index in [4.69, 9.17) is 5.11 Å². The standard InChI is InChI=1S/C23H19N3O3/c27-22(24-14-17-6-8-18(9-7-17)23(28)29)19-10-11-26-15-20(25-21(26)13-19)12-16-4-2-1-3-5-16/h1-11,13,15H,12,14H2,(H,24,27)(H,28,29). The number of nitrogens with zero attached hydrogens (tertiary/aromatic N) is 2. The lowest BCUT2D eigenvalue weighted by molar-refractivity contribution is 0.0696. The number of nitrogens with one attached hydrogen (secondary N) is 1. The van der Waals surface area contributed by atoms with Gasteiger partial charge in [-0.05, 0) is 35.4 Å². The van der Waals surface area contributed by atoms with E-state index in [0.717, 1.165) is 23.3 Å². The Hall–Kier alpha value is -3.93. The SMILES string of the molecule is O=C(O)c1ccc(CNC(=O)c2ccn3cc(Cc4ccccc4)nc3c2)cc1. The zero-order valence-electron chi connectivity index (χ0n) is 15.6. The molecule has 0 spiro atoms.